The van der Waals surface area contributed by atoms with Gasteiger partial charge in [-0.15, -0.1) is 0 Å². The normalized spacial score (nSPS) is 10.8. The Labute approximate surface area is 282 Å². The Morgan fingerprint density at radius 2 is 0.913 bits per heavy atom. The zero-order valence-electron chi connectivity index (χ0n) is 24.3. The molecule has 0 bridgehead atoms. The zero-order valence-corrected chi connectivity index (χ0v) is 27.5. The van der Waals surface area contributed by atoms with Crippen LogP contribution in [0, 0.1) is 0 Å². The SMILES string of the molecule is Brc1ccc(-c2nc(-c3ccccc3)c3cccnc3n2)cc1.Brc1ccc(-c2nc(-c3ccccc3)c3ncccc3n2)cc1. The minimum Gasteiger partial charge on any atom is -0.252 e. The highest BCUT2D eigenvalue weighted by molar-refractivity contribution is 9.10. The fourth-order valence-corrected chi connectivity index (χ4v) is 5.53. The number of pyridine rings is 2. The first-order valence-electron chi connectivity index (χ1n) is 14.5. The van der Waals surface area contributed by atoms with E-state index in [1.807, 2.05) is 121 Å². The summed E-state index contributed by atoms with van der Waals surface area (Å²) in [7, 11) is 0. The highest BCUT2D eigenvalue weighted by Gasteiger charge is 2.13. The quantitative estimate of drug-likeness (QED) is 0.180. The molecule has 6 nitrogen and oxygen atoms in total. The summed E-state index contributed by atoms with van der Waals surface area (Å²) in [6.45, 7) is 0. The first kappa shape index (κ1) is 29.5. The Kier molecular flexibility index (Phi) is 8.63. The van der Waals surface area contributed by atoms with Crippen LogP contribution < -0.4 is 0 Å². The highest BCUT2D eigenvalue weighted by atomic mass is 79.9. The van der Waals surface area contributed by atoms with Crippen LogP contribution in [0.2, 0.25) is 0 Å². The molecule has 0 amide bonds. The van der Waals surface area contributed by atoms with Crippen LogP contribution in [0.4, 0.5) is 0 Å². The standard InChI is InChI=1S/2C19H12BrN3/c20-15-10-8-14(9-11-15)19-22-16-7-4-12-21-18(16)17(23-19)13-5-2-1-3-6-13;20-15-10-8-14(9-11-15)18-22-17(13-5-2-1-3-6-13)16-7-4-12-21-19(16)23-18/h2*1-12H. The minimum absolute atomic E-state index is 0.683. The second-order valence-electron chi connectivity index (χ2n) is 10.3. The predicted molar refractivity (Wildman–Crippen MR) is 192 cm³/mol. The van der Waals surface area contributed by atoms with Gasteiger partial charge in [0.1, 0.15) is 11.2 Å². The van der Waals surface area contributed by atoms with Crippen LogP contribution in [0.5, 0.6) is 0 Å². The van der Waals surface area contributed by atoms with Gasteiger partial charge in [0.15, 0.2) is 17.3 Å². The molecule has 0 saturated heterocycles. The summed E-state index contributed by atoms with van der Waals surface area (Å²) < 4.78 is 2.07. The van der Waals surface area contributed by atoms with Crippen LogP contribution in [0.25, 0.3) is 67.4 Å². The lowest BCUT2D eigenvalue weighted by atomic mass is 10.1. The van der Waals surface area contributed by atoms with Gasteiger partial charge in [0.25, 0.3) is 0 Å². The fourth-order valence-electron chi connectivity index (χ4n) is 5.00. The van der Waals surface area contributed by atoms with Gasteiger partial charge in [-0.2, -0.15) is 0 Å². The van der Waals surface area contributed by atoms with Crippen LogP contribution in [-0.4, -0.2) is 29.9 Å². The van der Waals surface area contributed by atoms with E-state index in [0.29, 0.717) is 17.3 Å². The maximum absolute atomic E-state index is 4.80. The summed E-state index contributed by atoms with van der Waals surface area (Å²) in [5.41, 5.74) is 8.19. The van der Waals surface area contributed by atoms with E-state index < -0.39 is 0 Å². The van der Waals surface area contributed by atoms with E-state index in [1.54, 1.807) is 12.4 Å². The first-order chi connectivity index (χ1) is 22.6. The van der Waals surface area contributed by atoms with Crippen molar-refractivity contribution in [1.29, 1.82) is 0 Å². The first-order valence-corrected chi connectivity index (χ1v) is 16.1. The molecule has 0 aliphatic carbocycles. The van der Waals surface area contributed by atoms with Gasteiger partial charge >= 0.3 is 0 Å². The zero-order chi connectivity index (χ0) is 31.3. The van der Waals surface area contributed by atoms with Gasteiger partial charge in [-0.25, -0.2) is 24.9 Å². The Hall–Kier alpha value is -5.18. The minimum atomic E-state index is 0.683. The van der Waals surface area contributed by atoms with Crippen LogP contribution in [-0.2, 0) is 0 Å². The van der Waals surface area contributed by atoms with E-state index in [0.717, 1.165) is 59.0 Å². The molecule has 0 saturated carbocycles. The Bertz CT molecular complexity index is 2100. The number of benzene rings is 4. The molecule has 4 aromatic carbocycles. The maximum atomic E-state index is 4.80. The topological polar surface area (TPSA) is 77.3 Å². The third-order valence-electron chi connectivity index (χ3n) is 7.23. The average molecular weight is 724 g/mol. The number of hydrogen-bond acceptors (Lipinski definition) is 6. The van der Waals surface area contributed by atoms with Crippen molar-refractivity contribution in [2.45, 2.75) is 0 Å². The molecular formula is C38H24Br2N6. The Morgan fingerprint density at radius 3 is 1.54 bits per heavy atom. The van der Waals surface area contributed by atoms with Gasteiger partial charge < -0.3 is 0 Å². The lowest BCUT2D eigenvalue weighted by molar-refractivity contribution is 1.19. The fraction of sp³-hybridized carbons (Fsp3) is 0. The lowest BCUT2D eigenvalue weighted by Crippen LogP contribution is -1.96. The molecule has 4 aromatic heterocycles. The predicted octanol–water partition coefficient (Wildman–Crippen LogP) is 10.2. The van der Waals surface area contributed by atoms with E-state index in [9.17, 15) is 0 Å². The van der Waals surface area contributed by atoms with Crippen molar-refractivity contribution in [1.82, 2.24) is 29.9 Å². The number of fused-ring (bicyclic) bond motifs is 2. The molecule has 46 heavy (non-hydrogen) atoms. The monoisotopic (exact) mass is 722 g/mol. The largest absolute Gasteiger partial charge is 0.252 e. The average Bonchev–Trinajstić information content (AvgIpc) is 3.12. The second kappa shape index (κ2) is 13.4. The van der Waals surface area contributed by atoms with Crippen LogP contribution in [0.3, 0.4) is 0 Å². The molecule has 4 heterocycles. The Balaban J connectivity index is 0.000000147. The van der Waals surface area contributed by atoms with Crippen molar-refractivity contribution >= 4 is 53.9 Å². The van der Waals surface area contributed by atoms with Gasteiger partial charge in [-0.1, -0.05) is 117 Å². The summed E-state index contributed by atoms with van der Waals surface area (Å²) in [4.78, 5) is 27.8. The summed E-state index contributed by atoms with van der Waals surface area (Å²) in [5.74, 6) is 1.39. The molecule has 0 fully saturated rings. The highest BCUT2D eigenvalue weighted by Crippen LogP contribution is 2.30. The third-order valence-corrected chi connectivity index (χ3v) is 8.28. The second-order valence-corrected chi connectivity index (χ2v) is 12.1. The molecule has 0 aliphatic heterocycles. The molecule has 0 N–H and O–H groups in total. The van der Waals surface area contributed by atoms with Crippen molar-refractivity contribution in [3.05, 3.63) is 155 Å². The number of hydrogen-bond donors (Lipinski definition) is 0. The van der Waals surface area contributed by atoms with E-state index in [1.165, 1.54) is 0 Å². The molecule has 0 unspecified atom stereocenters. The summed E-state index contributed by atoms with van der Waals surface area (Å²) in [6.07, 6.45) is 3.53. The van der Waals surface area contributed by atoms with Crippen molar-refractivity contribution in [2.75, 3.05) is 0 Å². The van der Waals surface area contributed by atoms with Crippen molar-refractivity contribution in [3.63, 3.8) is 0 Å². The third kappa shape index (κ3) is 6.44. The molecule has 8 heteroatoms. The van der Waals surface area contributed by atoms with E-state index in [2.05, 4.69) is 63.9 Å². The van der Waals surface area contributed by atoms with Gasteiger partial charge in [0.05, 0.1) is 11.2 Å². The van der Waals surface area contributed by atoms with E-state index in [-0.39, 0.29) is 0 Å². The van der Waals surface area contributed by atoms with Crippen molar-refractivity contribution in [2.24, 2.45) is 0 Å². The van der Waals surface area contributed by atoms with Gasteiger partial charge in [-0.05, 0) is 48.5 Å². The number of nitrogens with zero attached hydrogens (tertiary/aromatic N) is 6. The molecule has 0 radical (unpaired) electrons. The number of halogens is 2. The smallest absolute Gasteiger partial charge is 0.163 e. The number of rotatable bonds is 4. The molecule has 0 atom stereocenters. The summed E-state index contributed by atoms with van der Waals surface area (Å²) in [6, 6.07) is 44.0. The lowest BCUT2D eigenvalue weighted by Gasteiger charge is -2.08. The Morgan fingerprint density at radius 1 is 0.391 bits per heavy atom. The molecule has 8 rings (SSSR count). The molecule has 0 aliphatic rings. The van der Waals surface area contributed by atoms with E-state index >= 15 is 0 Å². The van der Waals surface area contributed by atoms with E-state index in [4.69, 9.17) is 9.97 Å². The molecule has 220 valence electrons. The summed E-state index contributed by atoms with van der Waals surface area (Å²) in [5, 5.41) is 0.958. The van der Waals surface area contributed by atoms with Crippen LogP contribution in [0.1, 0.15) is 0 Å². The summed E-state index contributed by atoms with van der Waals surface area (Å²) >= 11 is 6.91. The van der Waals surface area contributed by atoms with Gasteiger partial charge in [-0.3, -0.25) is 4.98 Å². The van der Waals surface area contributed by atoms with Gasteiger partial charge in [0.2, 0.25) is 0 Å². The van der Waals surface area contributed by atoms with Crippen LogP contribution in [0.15, 0.2) is 155 Å². The van der Waals surface area contributed by atoms with Crippen LogP contribution >= 0.6 is 31.9 Å². The van der Waals surface area contributed by atoms with Crippen molar-refractivity contribution in [3.8, 4) is 45.3 Å². The van der Waals surface area contributed by atoms with Gasteiger partial charge in [0, 0.05) is 49.0 Å². The molecule has 8 aromatic rings. The van der Waals surface area contributed by atoms with Crippen molar-refractivity contribution < 1.29 is 0 Å². The maximum Gasteiger partial charge on any atom is 0.163 e. The number of aromatic nitrogens is 6. The molecule has 0 spiro atoms. The molecular weight excluding hydrogens is 700 g/mol.